The van der Waals surface area contributed by atoms with Gasteiger partial charge in [0.1, 0.15) is 12.4 Å². The van der Waals surface area contributed by atoms with Gasteiger partial charge in [0.25, 0.3) is 0 Å². The van der Waals surface area contributed by atoms with Crippen molar-refractivity contribution in [3.63, 3.8) is 0 Å². The highest BCUT2D eigenvalue weighted by Crippen LogP contribution is 2.30. The van der Waals surface area contributed by atoms with E-state index >= 15 is 0 Å². The molecule has 2 aromatic rings. The molecule has 132 valence electrons. The molecule has 3 rings (SSSR count). The highest BCUT2D eigenvalue weighted by molar-refractivity contribution is 5.65. The third kappa shape index (κ3) is 4.04. The number of alkyl halides is 3. The van der Waals surface area contributed by atoms with Crippen molar-refractivity contribution in [2.24, 2.45) is 0 Å². The molecular formula is C18H16F3NO3. The predicted octanol–water partition coefficient (Wildman–Crippen LogP) is 4.32. The minimum absolute atomic E-state index is 0.00531. The van der Waals surface area contributed by atoms with Crippen molar-refractivity contribution in [3.8, 4) is 5.75 Å². The van der Waals surface area contributed by atoms with E-state index in [0.29, 0.717) is 24.3 Å². The Morgan fingerprint density at radius 1 is 1.16 bits per heavy atom. The lowest BCUT2D eigenvalue weighted by atomic mass is 10.00. The van der Waals surface area contributed by atoms with Crippen LogP contribution in [0.1, 0.15) is 22.3 Å². The Morgan fingerprint density at radius 3 is 2.68 bits per heavy atom. The first-order chi connectivity index (χ1) is 11.8. The van der Waals surface area contributed by atoms with E-state index in [2.05, 4.69) is 0 Å². The van der Waals surface area contributed by atoms with Crippen molar-refractivity contribution in [3.05, 3.63) is 64.7 Å². The van der Waals surface area contributed by atoms with Crippen LogP contribution in [0.25, 0.3) is 0 Å². The first-order valence-electron chi connectivity index (χ1n) is 7.71. The molecular weight excluding hydrogens is 335 g/mol. The molecule has 0 radical (unpaired) electrons. The molecule has 1 N–H and O–H groups in total. The number of hydrogen-bond acceptors (Lipinski definition) is 2. The van der Waals surface area contributed by atoms with Crippen LogP contribution in [0.15, 0.2) is 42.5 Å². The van der Waals surface area contributed by atoms with Gasteiger partial charge in [-0.15, -0.1) is 0 Å². The number of carbonyl (C=O) groups is 1. The van der Waals surface area contributed by atoms with Crippen molar-refractivity contribution < 1.29 is 27.8 Å². The van der Waals surface area contributed by atoms with Gasteiger partial charge in [-0.3, -0.25) is 0 Å². The van der Waals surface area contributed by atoms with E-state index < -0.39 is 17.8 Å². The molecule has 0 saturated heterocycles. The lowest BCUT2D eigenvalue weighted by Crippen LogP contribution is -2.34. The Kier molecular flexibility index (Phi) is 4.57. The molecule has 7 heteroatoms. The molecule has 1 amide bonds. The summed E-state index contributed by atoms with van der Waals surface area (Å²) in [6, 6.07) is 10.4. The zero-order valence-electron chi connectivity index (χ0n) is 13.2. The second kappa shape index (κ2) is 6.66. The largest absolute Gasteiger partial charge is 0.489 e. The van der Waals surface area contributed by atoms with Crippen LogP contribution in [0.5, 0.6) is 5.75 Å². The molecule has 0 aliphatic carbocycles. The van der Waals surface area contributed by atoms with Crippen LogP contribution in [-0.2, 0) is 25.7 Å². The fourth-order valence-electron chi connectivity index (χ4n) is 2.79. The Labute approximate surface area is 142 Å². The number of rotatable bonds is 3. The van der Waals surface area contributed by atoms with Crippen molar-refractivity contribution in [2.45, 2.75) is 25.7 Å². The monoisotopic (exact) mass is 351 g/mol. The molecule has 0 saturated carbocycles. The summed E-state index contributed by atoms with van der Waals surface area (Å²) in [7, 11) is 0. The number of carboxylic acid groups (broad SMARTS) is 1. The zero-order chi connectivity index (χ0) is 18.0. The number of ether oxygens (including phenoxy) is 1. The molecule has 0 unspecified atom stereocenters. The quantitative estimate of drug-likeness (QED) is 0.896. The van der Waals surface area contributed by atoms with Crippen molar-refractivity contribution >= 4 is 6.09 Å². The Hall–Kier alpha value is -2.70. The Morgan fingerprint density at radius 2 is 1.96 bits per heavy atom. The maximum absolute atomic E-state index is 12.7. The summed E-state index contributed by atoms with van der Waals surface area (Å²) < 4.78 is 43.8. The van der Waals surface area contributed by atoms with E-state index in [0.717, 1.165) is 23.3 Å². The van der Waals surface area contributed by atoms with E-state index in [4.69, 9.17) is 9.84 Å². The summed E-state index contributed by atoms with van der Waals surface area (Å²) in [6.07, 6.45) is -4.72. The molecule has 1 aliphatic rings. The highest BCUT2D eigenvalue weighted by Gasteiger charge is 2.30. The average Bonchev–Trinajstić information content (AvgIpc) is 2.58. The molecule has 25 heavy (non-hydrogen) atoms. The second-order valence-electron chi connectivity index (χ2n) is 5.87. The van der Waals surface area contributed by atoms with Crippen LogP contribution in [0.3, 0.4) is 0 Å². The van der Waals surface area contributed by atoms with Gasteiger partial charge in [0.05, 0.1) is 5.56 Å². The third-order valence-corrected chi connectivity index (χ3v) is 4.12. The minimum atomic E-state index is -4.39. The van der Waals surface area contributed by atoms with Gasteiger partial charge >= 0.3 is 12.3 Å². The Bertz CT molecular complexity index is 789. The summed E-state index contributed by atoms with van der Waals surface area (Å²) in [6.45, 7) is 0.740. The van der Waals surface area contributed by atoms with Gasteiger partial charge < -0.3 is 14.7 Å². The fraction of sp³-hybridized carbons (Fsp3) is 0.278. The summed E-state index contributed by atoms with van der Waals surface area (Å²) >= 11 is 0. The molecule has 0 atom stereocenters. The van der Waals surface area contributed by atoms with E-state index in [9.17, 15) is 18.0 Å². The third-order valence-electron chi connectivity index (χ3n) is 4.12. The van der Waals surface area contributed by atoms with Gasteiger partial charge in [-0.1, -0.05) is 18.2 Å². The van der Waals surface area contributed by atoms with Gasteiger partial charge in [-0.05, 0) is 47.4 Å². The van der Waals surface area contributed by atoms with Crippen LogP contribution in [0.4, 0.5) is 18.0 Å². The molecule has 1 heterocycles. The molecule has 4 nitrogen and oxygen atoms in total. The molecule has 0 aromatic heterocycles. The molecule has 0 bridgehead atoms. The lowest BCUT2D eigenvalue weighted by molar-refractivity contribution is -0.137. The van der Waals surface area contributed by atoms with Gasteiger partial charge in [-0.2, -0.15) is 13.2 Å². The summed E-state index contributed by atoms with van der Waals surface area (Å²) in [5.74, 6) is 0.503. The molecule has 0 fully saturated rings. The molecule has 0 spiro atoms. The van der Waals surface area contributed by atoms with Crippen LogP contribution in [-0.4, -0.2) is 22.6 Å². The van der Waals surface area contributed by atoms with Crippen molar-refractivity contribution in [1.29, 1.82) is 0 Å². The van der Waals surface area contributed by atoms with E-state index in [1.54, 1.807) is 18.2 Å². The van der Waals surface area contributed by atoms with Gasteiger partial charge in [0.2, 0.25) is 0 Å². The van der Waals surface area contributed by atoms with E-state index in [1.165, 1.54) is 11.0 Å². The normalized spacial score (nSPS) is 14.1. The van der Waals surface area contributed by atoms with Crippen LogP contribution in [0.2, 0.25) is 0 Å². The first kappa shape index (κ1) is 17.1. The smallest absolute Gasteiger partial charge is 0.416 e. The second-order valence-corrected chi connectivity index (χ2v) is 5.87. The number of fused-ring (bicyclic) bond motifs is 1. The highest BCUT2D eigenvalue weighted by atomic mass is 19.4. The lowest BCUT2D eigenvalue weighted by Gasteiger charge is -2.26. The molecule has 1 aliphatic heterocycles. The number of halogens is 3. The van der Waals surface area contributed by atoms with E-state index in [-0.39, 0.29) is 13.2 Å². The standard InChI is InChI=1S/C18H16F3NO3/c19-18(20,21)15-3-1-2-12(8-15)11-25-16-5-4-13-6-7-22(17(23)24)10-14(13)9-16/h1-5,8-9H,6-7,10-11H2,(H,23,24). The Balaban J connectivity index is 1.70. The average molecular weight is 351 g/mol. The summed E-state index contributed by atoms with van der Waals surface area (Å²) in [5, 5.41) is 9.08. The van der Waals surface area contributed by atoms with Crippen molar-refractivity contribution in [2.75, 3.05) is 6.54 Å². The summed E-state index contributed by atoms with van der Waals surface area (Å²) in [5.41, 5.74) is 1.62. The SMILES string of the molecule is O=C(O)N1CCc2ccc(OCc3cccc(C(F)(F)F)c3)cc2C1. The van der Waals surface area contributed by atoms with E-state index in [1.807, 2.05) is 6.07 Å². The van der Waals surface area contributed by atoms with Crippen LogP contribution < -0.4 is 4.74 Å². The minimum Gasteiger partial charge on any atom is -0.489 e. The van der Waals surface area contributed by atoms with Gasteiger partial charge in [0.15, 0.2) is 0 Å². The number of hydrogen-bond donors (Lipinski definition) is 1. The summed E-state index contributed by atoms with van der Waals surface area (Å²) in [4.78, 5) is 12.4. The van der Waals surface area contributed by atoms with Crippen LogP contribution >= 0.6 is 0 Å². The predicted molar refractivity (Wildman–Crippen MR) is 84.4 cm³/mol. The van der Waals surface area contributed by atoms with Crippen molar-refractivity contribution in [1.82, 2.24) is 4.90 Å². The number of benzene rings is 2. The first-order valence-corrected chi connectivity index (χ1v) is 7.71. The molecule has 2 aromatic carbocycles. The number of amides is 1. The number of nitrogens with zero attached hydrogens (tertiary/aromatic N) is 1. The fourth-order valence-corrected chi connectivity index (χ4v) is 2.79. The van der Waals surface area contributed by atoms with Gasteiger partial charge in [-0.25, -0.2) is 4.79 Å². The maximum Gasteiger partial charge on any atom is 0.416 e. The van der Waals surface area contributed by atoms with Gasteiger partial charge in [0, 0.05) is 13.1 Å². The maximum atomic E-state index is 12.7. The van der Waals surface area contributed by atoms with Crippen LogP contribution in [0, 0.1) is 0 Å². The topological polar surface area (TPSA) is 49.8 Å². The zero-order valence-corrected chi connectivity index (χ0v) is 13.2.